The summed E-state index contributed by atoms with van der Waals surface area (Å²) in [5.74, 6) is 0. The van der Waals surface area contributed by atoms with Gasteiger partial charge in [0.2, 0.25) is 0 Å². The molecule has 1 N–H and O–H groups in total. The number of aliphatic hydroxyl groups is 1. The van der Waals surface area contributed by atoms with Gasteiger partial charge in [0.1, 0.15) is 6.54 Å². The first-order chi connectivity index (χ1) is 10.2. The second-order valence-corrected chi connectivity index (χ2v) is 6.30. The van der Waals surface area contributed by atoms with Crippen LogP contribution in [0.3, 0.4) is 0 Å². The van der Waals surface area contributed by atoms with E-state index in [-0.39, 0.29) is 12.4 Å². The van der Waals surface area contributed by atoms with E-state index in [0.29, 0.717) is 0 Å². The lowest BCUT2D eigenvalue weighted by atomic mass is 10.1. The van der Waals surface area contributed by atoms with Gasteiger partial charge in [0.15, 0.2) is 12.4 Å². The fourth-order valence-corrected chi connectivity index (χ4v) is 3.26. The minimum absolute atomic E-state index is 0.277. The molecule has 1 rings (SSSR count). The Morgan fingerprint density at radius 1 is 1.19 bits per heavy atom. The minimum Gasteiger partial charge on any atom is -0.345 e. The smallest absolute Gasteiger partial charge is 0.189 e. The van der Waals surface area contributed by atoms with Gasteiger partial charge in [-0.25, -0.2) is 4.99 Å². The van der Waals surface area contributed by atoms with Gasteiger partial charge in [-0.2, -0.15) is 0 Å². The van der Waals surface area contributed by atoms with E-state index in [2.05, 4.69) is 31.0 Å². The molecule has 21 heavy (non-hydrogen) atoms. The predicted octanol–water partition coefficient (Wildman–Crippen LogP) is 4.27. The second-order valence-electron chi connectivity index (χ2n) is 6.30. The summed E-state index contributed by atoms with van der Waals surface area (Å²) in [6, 6.07) is 0. The van der Waals surface area contributed by atoms with Crippen LogP contribution in [-0.4, -0.2) is 41.3 Å². The molecule has 0 spiro atoms. The number of unbranched alkanes of at least 4 members (excludes halogenated alkanes) is 5. The van der Waals surface area contributed by atoms with Crippen molar-refractivity contribution in [1.82, 2.24) is 0 Å². The van der Waals surface area contributed by atoms with Crippen LogP contribution in [0.1, 0.15) is 72.1 Å². The summed E-state index contributed by atoms with van der Waals surface area (Å²) in [4.78, 5) is 4.63. The van der Waals surface area contributed by atoms with Crippen LogP contribution in [0, 0.1) is 0 Å². The highest BCUT2D eigenvalue weighted by molar-refractivity contribution is 5.60. The first kappa shape index (κ1) is 18.4. The molecule has 3 unspecified atom stereocenters. The summed E-state index contributed by atoms with van der Waals surface area (Å²) >= 11 is 0. The highest BCUT2D eigenvalue weighted by Crippen LogP contribution is 2.26. The fraction of sp³-hybridized carbons (Fsp3) is 0.833. The number of aliphatic imine (C=N–C) groups is 1. The maximum absolute atomic E-state index is 10.1. The summed E-state index contributed by atoms with van der Waals surface area (Å²) in [6.45, 7) is 8.15. The van der Waals surface area contributed by atoms with Gasteiger partial charge in [-0.3, -0.25) is 4.48 Å². The van der Waals surface area contributed by atoms with E-state index >= 15 is 0 Å². The van der Waals surface area contributed by atoms with Gasteiger partial charge >= 0.3 is 0 Å². The van der Waals surface area contributed by atoms with E-state index in [0.717, 1.165) is 24.0 Å². The highest BCUT2D eigenvalue weighted by atomic mass is 16.3. The first-order valence-corrected chi connectivity index (χ1v) is 8.88. The SMILES string of the molecule is CCC/C=C/CCCCCCC1N=CC[N+]1(CC)C(C)O. The monoisotopic (exact) mass is 295 g/mol. The van der Waals surface area contributed by atoms with E-state index in [9.17, 15) is 5.11 Å². The van der Waals surface area contributed by atoms with Crippen molar-refractivity contribution in [3.8, 4) is 0 Å². The zero-order valence-corrected chi connectivity index (χ0v) is 14.3. The van der Waals surface area contributed by atoms with Crippen LogP contribution in [0.2, 0.25) is 0 Å². The maximum atomic E-state index is 10.1. The average Bonchev–Trinajstić information content (AvgIpc) is 2.89. The van der Waals surface area contributed by atoms with Crippen LogP contribution < -0.4 is 0 Å². The van der Waals surface area contributed by atoms with Gasteiger partial charge < -0.3 is 5.11 Å². The molecule has 0 radical (unpaired) electrons. The number of aliphatic hydroxyl groups excluding tert-OH is 1. The normalized spacial score (nSPS) is 26.8. The van der Waals surface area contributed by atoms with Crippen molar-refractivity contribution in [2.75, 3.05) is 13.1 Å². The number of hydrogen-bond donors (Lipinski definition) is 1. The lowest BCUT2D eigenvalue weighted by Gasteiger charge is -2.40. The molecule has 0 aliphatic carbocycles. The summed E-state index contributed by atoms with van der Waals surface area (Å²) in [7, 11) is 0. The Kier molecular flexibility index (Phi) is 8.86. The molecule has 3 atom stereocenters. The van der Waals surface area contributed by atoms with Gasteiger partial charge in [0.05, 0.1) is 12.8 Å². The molecular weight excluding hydrogens is 260 g/mol. The molecule has 0 bridgehead atoms. The van der Waals surface area contributed by atoms with Gasteiger partial charge in [0.25, 0.3) is 0 Å². The second kappa shape index (κ2) is 10.1. The Morgan fingerprint density at radius 3 is 2.57 bits per heavy atom. The van der Waals surface area contributed by atoms with Crippen molar-refractivity contribution in [2.24, 2.45) is 4.99 Å². The Labute approximate surface area is 131 Å². The molecule has 0 aromatic carbocycles. The van der Waals surface area contributed by atoms with Crippen LogP contribution in [-0.2, 0) is 0 Å². The molecule has 0 aromatic heterocycles. The van der Waals surface area contributed by atoms with Gasteiger partial charge in [0, 0.05) is 13.3 Å². The summed E-state index contributed by atoms with van der Waals surface area (Å²) in [5, 5.41) is 10.1. The van der Waals surface area contributed by atoms with E-state index < -0.39 is 0 Å². The van der Waals surface area contributed by atoms with Crippen molar-refractivity contribution in [1.29, 1.82) is 0 Å². The Balaban J connectivity index is 2.16. The maximum Gasteiger partial charge on any atom is 0.189 e. The third kappa shape index (κ3) is 5.55. The quantitative estimate of drug-likeness (QED) is 0.345. The fourth-order valence-electron chi connectivity index (χ4n) is 3.26. The summed E-state index contributed by atoms with van der Waals surface area (Å²) in [5.41, 5.74) is 0. The molecule has 122 valence electrons. The molecule has 1 heterocycles. The van der Waals surface area contributed by atoms with Crippen molar-refractivity contribution < 1.29 is 9.59 Å². The number of allylic oxidation sites excluding steroid dienone is 2. The molecule has 3 heteroatoms. The first-order valence-electron chi connectivity index (χ1n) is 8.88. The molecule has 0 aromatic rings. The van der Waals surface area contributed by atoms with Crippen molar-refractivity contribution in [2.45, 2.75) is 84.5 Å². The van der Waals surface area contributed by atoms with Crippen LogP contribution in [0.5, 0.6) is 0 Å². The minimum atomic E-state index is -0.314. The Bertz CT molecular complexity index is 325. The molecule has 0 fully saturated rings. The summed E-state index contributed by atoms with van der Waals surface area (Å²) in [6.07, 6.45) is 16.6. The molecule has 3 nitrogen and oxygen atoms in total. The molecule has 0 amide bonds. The van der Waals surface area contributed by atoms with E-state index in [1.807, 2.05) is 13.1 Å². The number of hydrogen-bond acceptors (Lipinski definition) is 2. The van der Waals surface area contributed by atoms with Crippen LogP contribution >= 0.6 is 0 Å². The van der Waals surface area contributed by atoms with Crippen LogP contribution in [0.15, 0.2) is 17.1 Å². The lowest BCUT2D eigenvalue weighted by molar-refractivity contribution is -0.976. The summed E-state index contributed by atoms with van der Waals surface area (Å²) < 4.78 is 0.736. The van der Waals surface area contributed by atoms with Crippen LogP contribution in [0.4, 0.5) is 0 Å². The number of nitrogens with zero attached hydrogens (tertiary/aromatic N) is 2. The highest BCUT2D eigenvalue weighted by Gasteiger charge is 2.41. The third-order valence-electron chi connectivity index (χ3n) is 4.83. The van der Waals surface area contributed by atoms with Gasteiger partial charge in [-0.1, -0.05) is 38.3 Å². The van der Waals surface area contributed by atoms with Crippen molar-refractivity contribution in [3.05, 3.63) is 12.2 Å². The van der Waals surface area contributed by atoms with E-state index in [1.165, 1.54) is 44.9 Å². The lowest BCUT2D eigenvalue weighted by Crippen LogP contribution is -2.57. The topological polar surface area (TPSA) is 32.6 Å². The number of rotatable bonds is 11. The molecular formula is C18H35N2O+. The standard InChI is InChI=1S/C18H35N2O/c1-4-6-7-8-9-10-11-12-13-14-18-19-15-16-20(18,5-2)17(3)21/h7-8,15,17-18,21H,4-6,9-14,16H2,1-3H3/q+1/b8-7+. The molecule has 0 saturated heterocycles. The van der Waals surface area contributed by atoms with Crippen LogP contribution in [0.25, 0.3) is 0 Å². The number of quaternary nitrogens is 1. The molecule has 0 saturated carbocycles. The largest absolute Gasteiger partial charge is 0.345 e. The molecule has 1 aliphatic heterocycles. The predicted molar refractivity (Wildman–Crippen MR) is 91.4 cm³/mol. The average molecular weight is 295 g/mol. The molecule has 1 aliphatic rings. The van der Waals surface area contributed by atoms with Gasteiger partial charge in [-0.15, -0.1) is 0 Å². The van der Waals surface area contributed by atoms with Crippen molar-refractivity contribution in [3.63, 3.8) is 0 Å². The Hall–Kier alpha value is -0.670. The Morgan fingerprint density at radius 2 is 1.90 bits per heavy atom. The van der Waals surface area contributed by atoms with E-state index in [1.54, 1.807) is 0 Å². The van der Waals surface area contributed by atoms with E-state index in [4.69, 9.17) is 0 Å². The zero-order valence-electron chi connectivity index (χ0n) is 14.3. The zero-order chi connectivity index (χ0) is 15.6. The van der Waals surface area contributed by atoms with Crippen molar-refractivity contribution >= 4 is 6.21 Å². The van der Waals surface area contributed by atoms with Gasteiger partial charge in [-0.05, 0) is 32.6 Å². The third-order valence-corrected chi connectivity index (χ3v) is 4.83.